The first-order valence-electron chi connectivity index (χ1n) is 9.84. The van der Waals surface area contributed by atoms with Gasteiger partial charge in [-0.2, -0.15) is 0 Å². The minimum absolute atomic E-state index is 0.0288. The summed E-state index contributed by atoms with van der Waals surface area (Å²) in [5.74, 6) is 0.0583. The Hall–Kier alpha value is -2.28. The average molecular weight is 392 g/mol. The van der Waals surface area contributed by atoms with Crippen LogP contribution in [0.15, 0.2) is 30.3 Å². The maximum atomic E-state index is 12.2. The Morgan fingerprint density at radius 2 is 1.82 bits per heavy atom. The first-order valence-corrected chi connectivity index (χ1v) is 9.84. The van der Waals surface area contributed by atoms with Crippen LogP contribution in [0.25, 0.3) is 0 Å². The van der Waals surface area contributed by atoms with Crippen LogP contribution >= 0.6 is 0 Å². The molecule has 7 nitrogen and oxygen atoms in total. The van der Waals surface area contributed by atoms with Crippen molar-refractivity contribution < 1.29 is 24.2 Å². The van der Waals surface area contributed by atoms with Gasteiger partial charge in [0.05, 0.1) is 0 Å². The molecule has 156 valence electrons. The number of aliphatic hydroxyl groups excluding tert-OH is 1. The Bertz CT molecular complexity index is 629. The summed E-state index contributed by atoms with van der Waals surface area (Å²) >= 11 is 0. The summed E-state index contributed by atoms with van der Waals surface area (Å²) < 4.78 is 10.6. The van der Waals surface area contributed by atoms with E-state index in [0.717, 1.165) is 12.0 Å². The molecule has 3 atom stereocenters. The molecule has 1 aliphatic rings. The number of hydrogen-bond acceptors (Lipinski definition) is 5. The van der Waals surface area contributed by atoms with Crippen molar-refractivity contribution in [3.8, 4) is 0 Å². The quantitative estimate of drug-likeness (QED) is 0.690. The summed E-state index contributed by atoms with van der Waals surface area (Å²) in [6.45, 7) is 5.71. The molecule has 0 heterocycles. The summed E-state index contributed by atoms with van der Waals surface area (Å²) in [7, 11) is 0. The van der Waals surface area contributed by atoms with Crippen LogP contribution in [-0.2, 0) is 16.1 Å². The van der Waals surface area contributed by atoms with Crippen LogP contribution in [0.2, 0.25) is 0 Å². The van der Waals surface area contributed by atoms with Crippen LogP contribution in [0.4, 0.5) is 9.59 Å². The first kappa shape index (κ1) is 22.0. The molecule has 0 aromatic heterocycles. The van der Waals surface area contributed by atoms with Crippen molar-refractivity contribution in [2.75, 3.05) is 6.61 Å². The molecule has 0 spiro atoms. The number of aliphatic hydroxyl groups is 1. The van der Waals surface area contributed by atoms with Crippen molar-refractivity contribution in [2.45, 2.75) is 70.7 Å². The molecule has 7 heteroatoms. The zero-order valence-corrected chi connectivity index (χ0v) is 16.9. The molecule has 1 aromatic carbocycles. The van der Waals surface area contributed by atoms with E-state index in [4.69, 9.17) is 9.47 Å². The smallest absolute Gasteiger partial charge is 0.407 e. The first-order chi connectivity index (χ1) is 13.3. The molecule has 0 aliphatic heterocycles. The fraction of sp³-hybridized carbons (Fsp3) is 0.619. The minimum Gasteiger partial charge on any atom is -0.445 e. The molecule has 28 heavy (non-hydrogen) atoms. The number of hydrogen-bond donors (Lipinski definition) is 3. The van der Waals surface area contributed by atoms with Gasteiger partial charge in [-0.15, -0.1) is 0 Å². The lowest BCUT2D eigenvalue weighted by Gasteiger charge is -2.36. The molecule has 0 radical (unpaired) electrons. The van der Waals surface area contributed by atoms with Crippen LogP contribution in [0, 0.1) is 5.92 Å². The van der Waals surface area contributed by atoms with Gasteiger partial charge in [-0.05, 0) is 57.9 Å². The largest absolute Gasteiger partial charge is 0.445 e. The van der Waals surface area contributed by atoms with Gasteiger partial charge in [0.15, 0.2) is 0 Å². The predicted octanol–water partition coefficient (Wildman–Crippen LogP) is 3.36. The second-order valence-electron chi connectivity index (χ2n) is 8.24. The number of nitrogens with one attached hydrogen (secondary N) is 2. The zero-order chi connectivity index (χ0) is 20.6. The van der Waals surface area contributed by atoms with E-state index in [9.17, 15) is 14.7 Å². The van der Waals surface area contributed by atoms with Gasteiger partial charge in [-0.3, -0.25) is 0 Å². The van der Waals surface area contributed by atoms with E-state index >= 15 is 0 Å². The number of benzene rings is 1. The number of ether oxygens (including phenoxy) is 2. The van der Waals surface area contributed by atoms with Gasteiger partial charge in [-0.1, -0.05) is 30.3 Å². The standard InChI is InChI=1S/C21H32N2O5/c1-21(2,3)28-20(26)22-17-9-10-18(16(13-17)11-12-24)23-19(25)27-14-15-7-5-4-6-8-15/h4-8,16-18,24H,9-14H2,1-3H3,(H,22,26)(H,23,25). The summed E-state index contributed by atoms with van der Waals surface area (Å²) in [6.07, 6.45) is 1.75. The van der Waals surface area contributed by atoms with E-state index in [1.807, 2.05) is 51.1 Å². The summed E-state index contributed by atoms with van der Waals surface area (Å²) in [5, 5.41) is 15.2. The molecule has 1 aliphatic carbocycles. The molecular formula is C21H32N2O5. The normalized spacial score (nSPS) is 22.2. The predicted molar refractivity (Wildman–Crippen MR) is 106 cm³/mol. The molecule has 3 N–H and O–H groups in total. The summed E-state index contributed by atoms with van der Waals surface area (Å²) in [6, 6.07) is 9.37. The lowest BCUT2D eigenvalue weighted by molar-refractivity contribution is 0.0469. The van der Waals surface area contributed by atoms with Gasteiger partial charge < -0.3 is 25.2 Å². The lowest BCUT2D eigenvalue weighted by atomic mass is 9.80. The monoisotopic (exact) mass is 392 g/mol. The molecule has 0 saturated heterocycles. The third kappa shape index (κ3) is 7.76. The van der Waals surface area contributed by atoms with Crippen molar-refractivity contribution in [1.82, 2.24) is 10.6 Å². The van der Waals surface area contributed by atoms with Crippen molar-refractivity contribution in [1.29, 1.82) is 0 Å². The maximum absolute atomic E-state index is 12.2. The number of rotatable bonds is 6. The SMILES string of the molecule is CC(C)(C)OC(=O)NC1CCC(NC(=O)OCc2ccccc2)C(CCO)C1. The lowest BCUT2D eigenvalue weighted by Crippen LogP contribution is -2.49. The average Bonchev–Trinajstić information content (AvgIpc) is 2.61. The number of carbonyl (C=O) groups is 2. The highest BCUT2D eigenvalue weighted by Gasteiger charge is 2.33. The van der Waals surface area contributed by atoms with Crippen molar-refractivity contribution in [2.24, 2.45) is 5.92 Å². The minimum atomic E-state index is -0.546. The fourth-order valence-electron chi connectivity index (χ4n) is 3.46. The van der Waals surface area contributed by atoms with E-state index in [2.05, 4.69) is 10.6 Å². The number of amides is 2. The Balaban J connectivity index is 1.82. The zero-order valence-electron chi connectivity index (χ0n) is 16.9. The van der Waals surface area contributed by atoms with Gasteiger partial charge >= 0.3 is 12.2 Å². The van der Waals surface area contributed by atoms with Crippen LogP contribution in [0.3, 0.4) is 0 Å². The second-order valence-corrected chi connectivity index (χ2v) is 8.24. The van der Waals surface area contributed by atoms with Crippen molar-refractivity contribution >= 4 is 12.2 Å². The Labute approximate surface area is 166 Å². The van der Waals surface area contributed by atoms with Gasteiger partial charge in [0.1, 0.15) is 12.2 Å². The van der Waals surface area contributed by atoms with Gasteiger partial charge in [0.25, 0.3) is 0 Å². The van der Waals surface area contributed by atoms with E-state index in [-0.39, 0.29) is 31.2 Å². The molecule has 1 saturated carbocycles. The van der Waals surface area contributed by atoms with Crippen molar-refractivity contribution in [3.05, 3.63) is 35.9 Å². The Morgan fingerprint density at radius 3 is 2.46 bits per heavy atom. The third-order valence-electron chi connectivity index (χ3n) is 4.72. The fourth-order valence-corrected chi connectivity index (χ4v) is 3.46. The Kier molecular flexibility index (Phi) is 8.11. The van der Waals surface area contributed by atoms with Crippen LogP contribution in [0.5, 0.6) is 0 Å². The van der Waals surface area contributed by atoms with E-state index in [1.54, 1.807) is 0 Å². The second kappa shape index (κ2) is 10.3. The maximum Gasteiger partial charge on any atom is 0.407 e. The highest BCUT2D eigenvalue weighted by Crippen LogP contribution is 2.28. The Morgan fingerprint density at radius 1 is 1.11 bits per heavy atom. The summed E-state index contributed by atoms with van der Waals surface area (Å²) in [5.41, 5.74) is 0.380. The number of alkyl carbamates (subject to hydrolysis) is 2. The molecule has 1 fully saturated rings. The van der Waals surface area contributed by atoms with Gasteiger partial charge in [0, 0.05) is 18.7 Å². The van der Waals surface area contributed by atoms with E-state index in [1.165, 1.54) is 0 Å². The highest BCUT2D eigenvalue weighted by molar-refractivity contribution is 5.68. The van der Waals surface area contributed by atoms with E-state index < -0.39 is 17.8 Å². The van der Waals surface area contributed by atoms with Crippen LogP contribution < -0.4 is 10.6 Å². The molecule has 0 bridgehead atoms. The summed E-state index contributed by atoms with van der Waals surface area (Å²) in [4.78, 5) is 24.2. The molecule has 3 unspecified atom stereocenters. The van der Waals surface area contributed by atoms with E-state index in [0.29, 0.717) is 19.3 Å². The molecule has 2 amide bonds. The van der Waals surface area contributed by atoms with Gasteiger partial charge in [-0.25, -0.2) is 9.59 Å². The molecule has 2 rings (SSSR count). The van der Waals surface area contributed by atoms with Gasteiger partial charge in [0.2, 0.25) is 0 Å². The molecule has 1 aromatic rings. The van der Waals surface area contributed by atoms with Crippen LogP contribution in [0.1, 0.15) is 52.0 Å². The molecular weight excluding hydrogens is 360 g/mol. The van der Waals surface area contributed by atoms with Crippen molar-refractivity contribution in [3.63, 3.8) is 0 Å². The number of carbonyl (C=O) groups excluding carboxylic acids is 2. The highest BCUT2D eigenvalue weighted by atomic mass is 16.6. The third-order valence-corrected chi connectivity index (χ3v) is 4.72. The van der Waals surface area contributed by atoms with Crippen LogP contribution in [-0.4, -0.2) is 41.6 Å². The topological polar surface area (TPSA) is 96.9 Å².